The van der Waals surface area contributed by atoms with E-state index in [1.54, 1.807) is 10.4 Å². The molecule has 2 fully saturated rings. The summed E-state index contributed by atoms with van der Waals surface area (Å²) in [6.07, 6.45) is 10.3. The molecule has 2 saturated heterocycles. The second kappa shape index (κ2) is 9.39. The number of benzene rings is 1. The van der Waals surface area contributed by atoms with E-state index in [4.69, 9.17) is 0 Å². The Morgan fingerprint density at radius 2 is 1.73 bits per heavy atom. The first-order valence-electron chi connectivity index (χ1n) is 11.9. The van der Waals surface area contributed by atoms with Crippen LogP contribution < -0.4 is 0 Å². The lowest BCUT2D eigenvalue weighted by atomic mass is 9.95. The van der Waals surface area contributed by atoms with Gasteiger partial charge in [0.25, 0.3) is 0 Å². The lowest BCUT2D eigenvalue weighted by molar-refractivity contribution is -0.136. The van der Waals surface area contributed by atoms with Gasteiger partial charge in [-0.05, 0) is 80.5 Å². The molecule has 5 nitrogen and oxygen atoms in total. The maximum atomic E-state index is 13.1. The van der Waals surface area contributed by atoms with Crippen LogP contribution in [0.1, 0.15) is 69.4 Å². The van der Waals surface area contributed by atoms with E-state index < -0.39 is 10.0 Å². The normalized spacial score (nSPS) is 23.9. The van der Waals surface area contributed by atoms with Crippen molar-refractivity contribution in [1.29, 1.82) is 0 Å². The van der Waals surface area contributed by atoms with Gasteiger partial charge in [-0.3, -0.25) is 4.79 Å². The summed E-state index contributed by atoms with van der Waals surface area (Å²) in [7, 11) is -3.47. The van der Waals surface area contributed by atoms with Gasteiger partial charge in [0, 0.05) is 32.1 Å². The number of nitrogens with zero attached hydrogens (tertiary/aromatic N) is 2. The van der Waals surface area contributed by atoms with E-state index in [1.807, 2.05) is 12.1 Å². The molecule has 0 bridgehead atoms. The van der Waals surface area contributed by atoms with Crippen molar-refractivity contribution in [2.24, 2.45) is 11.8 Å². The van der Waals surface area contributed by atoms with Crippen LogP contribution in [0.5, 0.6) is 0 Å². The highest BCUT2D eigenvalue weighted by Crippen LogP contribution is 2.30. The molecule has 2 heterocycles. The Labute approximate surface area is 181 Å². The molecule has 1 aliphatic carbocycles. The molecule has 0 radical (unpaired) electrons. The lowest BCUT2D eigenvalue weighted by Crippen LogP contribution is -2.44. The number of fused-ring (bicyclic) bond motifs is 1. The van der Waals surface area contributed by atoms with E-state index in [2.05, 4.69) is 11.8 Å². The zero-order chi connectivity index (χ0) is 21.1. The average Bonchev–Trinajstić information content (AvgIpc) is 3.11. The molecule has 30 heavy (non-hydrogen) atoms. The highest BCUT2D eigenvalue weighted by molar-refractivity contribution is 7.89. The molecule has 1 amide bonds. The Bertz CT molecular complexity index is 859. The molecule has 1 aromatic rings. The fraction of sp³-hybridized carbons (Fsp3) is 0.708. The van der Waals surface area contributed by atoms with E-state index in [0.29, 0.717) is 30.8 Å². The number of likely N-dealkylation sites (tertiary alicyclic amines) is 1. The molecule has 2 aliphatic heterocycles. The summed E-state index contributed by atoms with van der Waals surface area (Å²) in [4.78, 5) is 15.6. The third kappa shape index (κ3) is 4.59. The minimum Gasteiger partial charge on any atom is -0.342 e. The van der Waals surface area contributed by atoms with Crippen LogP contribution in [0.4, 0.5) is 0 Å². The van der Waals surface area contributed by atoms with Gasteiger partial charge in [-0.1, -0.05) is 25.8 Å². The van der Waals surface area contributed by atoms with E-state index in [0.717, 1.165) is 51.1 Å². The number of piperidine rings is 1. The number of rotatable bonds is 5. The zero-order valence-corrected chi connectivity index (χ0v) is 19.1. The van der Waals surface area contributed by atoms with Crippen LogP contribution in [0.15, 0.2) is 23.1 Å². The van der Waals surface area contributed by atoms with Crippen LogP contribution in [0.3, 0.4) is 0 Å². The van der Waals surface area contributed by atoms with Crippen LogP contribution in [0.2, 0.25) is 0 Å². The molecule has 1 aromatic carbocycles. The van der Waals surface area contributed by atoms with Crippen LogP contribution in [-0.4, -0.2) is 49.7 Å². The minimum absolute atomic E-state index is 0.0285. The molecule has 3 aliphatic rings. The van der Waals surface area contributed by atoms with Gasteiger partial charge in [0.05, 0.1) is 4.90 Å². The van der Waals surface area contributed by atoms with Crippen LogP contribution in [-0.2, 0) is 27.7 Å². The molecule has 1 atom stereocenters. The van der Waals surface area contributed by atoms with Crippen molar-refractivity contribution in [3.8, 4) is 0 Å². The summed E-state index contributed by atoms with van der Waals surface area (Å²) in [6.45, 7) is 4.87. The number of carbonyl (C=O) groups excluding carboxylic acids is 1. The summed E-state index contributed by atoms with van der Waals surface area (Å²) >= 11 is 0. The topological polar surface area (TPSA) is 57.7 Å². The van der Waals surface area contributed by atoms with Gasteiger partial charge in [0.2, 0.25) is 15.9 Å². The number of amides is 1. The molecular formula is C24H36N2O3S. The highest BCUT2D eigenvalue weighted by Gasteiger charge is 2.34. The van der Waals surface area contributed by atoms with Gasteiger partial charge in [-0.2, -0.15) is 4.31 Å². The van der Waals surface area contributed by atoms with Crippen LogP contribution in [0.25, 0.3) is 0 Å². The summed E-state index contributed by atoms with van der Waals surface area (Å²) < 4.78 is 27.9. The summed E-state index contributed by atoms with van der Waals surface area (Å²) in [5.74, 6) is 0.980. The van der Waals surface area contributed by atoms with Gasteiger partial charge >= 0.3 is 0 Å². The third-order valence-electron chi connectivity index (χ3n) is 7.37. The van der Waals surface area contributed by atoms with Crippen molar-refractivity contribution in [2.45, 2.75) is 76.0 Å². The molecule has 6 heteroatoms. The Balaban J connectivity index is 1.34. The van der Waals surface area contributed by atoms with E-state index in [9.17, 15) is 13.2 Å². The van der Waals surface area contributed by atoms with Gasteiger partial charge in [0.15, 0.2) is 0 Å². The van der Waals surface area contributed by atoms with E-state index in [1.165, 1.54) is 30.4 Å². The fourth-order valence-electron chi connectivity index (χ4n) is 5.54. The Morgan fingerprint density at radius 1 is 0.967 bits per heavy atom. The third-order valence-corrected chi connectivity index (χ3v) is 9.26. The molecule has 1 unspecified atom stereocenters. The first-order valence-corrected chi connectivity index (χ1v) is 13.3. The monoisotopic (exact) mass is 432 g/mol. The molecule has 166 valence electrons. The SMILES string of the molecule is CCCC1CCCN(C(=O)C2CCN(S(=O)(=O)c3ccc4c(c3)CCC4)CC2)CC1. The molecule has 4 rings (SSSR count). The highest BCUT2D eigenvalue weighted by atomic mass is 32.2. The second-order valence-electron chi connectivity index (χ2n) is 9.37. The summed E-state index contributed by atoms with van der Waals surface area (Å²) in [6, 6.07) is 5.62. The van der Waals surface area contributed by atoms with Crippen molar-refractivity contribution in [3.05, 3.63) is 29.3 Å². The van der Waals surface area contributed by atoms with Gasteiger partial charge in [0.1, 0.15) is 0 Å². The second-order valence-corrected chi connectivity index (χ2v) is 11.3. The van der Waals surface area contributed by atoms with Crippen LogP contribution in [0, 0.1) is 11.8 Å². The average molecular weight is 433 g/mol. The standard InChI is InChI=1S/C24H36N2O3S/c1-2-5-19-6-4-14-25(15-11-19)24(27)21-12-16-26(17-13-21)30(28,29)23-10-9-20-7-3-8-22(20)18-23/h9-10,18-19,21H,2-8,11-17H2,1H3. The smallest absolute Gasteiger partial charge is 0.243 e. The predicted octanol–water partition coefficient (Wildman–Crippen LogP) is 4.00. The first kappa shape index (κ1) is 21.8. The van der Waals surface area contributed by atoms with Gasteiger partial charge in [-0.25, -0.2) is 8.42 Å². The first-order chi connectivity index (χ1) is 14.5. The van der Waals surface area contributed by atoms with Gasteiger partial charge < -0.3 is 4.90 Å². The van der Waals surface area contributed by atoms with Crippen molar-refractivity contribution in [2.75, 3.05) is 26.2 Å². The number of aryl methyl sites for hydroxylation is 2. The van der Waals surface area contributed by atoms with Crippen molar-refractivity contribution >= 4 is 15.9 Å². The minimum atomic E-state index is -3.47. The fourth-order valence-corrected chi connectivity index (χ4v) is 7.06. The quantitative estimate of drug-likeness (QED) is 0.706. The Kier molecular flexibility index (Phi) is 6.83. The van der Waals surface area contributed by atoms with Crippen molar-refractivity contribution < 1.29 is 13.2 Å². The maximum Gasteiger partial charge on any atom is 0.243 e. The number of hydrogen-bond acceptors (Lipinski definition) is 3. The molecule has 0 saturated carbocycles. The molecule has 0 aromatic heterocycles. The van der Waals surface area contributed by atoms with Gasteiger partial charge in [-0.15, -0.1) is 0 Å². The van der Waals surface area contributed by atoms with Crippen LogP contribution >= 0.6 is 0 Å². The summed E-state index contributed by atoms with van der Waals surface area (Å²) in [5, 5.41) is 0. The molecular weight excluding hydrogens is 396 g/mol. The number of hydrogen-bond donors (Lipinski definition) is 0. The maximum absolute atomic E-state index is 13.1. The van der Waals surface area contributed by atoms with E-state index in [-0.39, 0.29) is 11.8 Å². The largest absolute Gasteiger partial charge is 0.342 e. The summed E-state index contributed by atoms with van der Waals surface area (Å²) in [5.41, 5.74) is 2.47. The number of carbonyl (C=O) groups is 1. The molecule has 0 N–H and O–H groups in total. The lowest BCUT2D eigenvalue weighted by Gasteiger charge is -2.33. The van der Waals surface area contributed by atoms with Crippen molar-refractivity contribution in [1.82, 2.24) is 9.21 Å². The zero-order valence-electron chi connectivity index (χ0n) is 18.3. The Morgan fingerprint density at radius 3 is 2.50 bits per heavy atom. The van der Waals surface area contributed by atoms with Crippen molar-refractivity contribution in [3.63, 3.8) is 0 Å². The predicted molar refractivity (Wildman–Crippen MR) is 119 cm³/mol. The Hall–Kier alpha value is -1.40. The number of sulfonamides is 1. The van der Waals surface area contributed by atoms with E-state index >= 15 is 0 Å². The molecule has 0 spiro atoms.